The molecule has 7 nitrogen and oxygen atoms in total. The van der Waals surface area contributed by atoms with Gasteiger partial charge in [0.1, 0.15) is 11.5 Å². The van der Waals surface area contributed by atoms with Gasteiger partial charge in [0.25, 0.3) is 5.89 Å². The first-order valence-corrected chi connectivity index (χ1v) is 7.53. The number of rotatable bonds is 6. The van der Waals surface area contributed by atoms with E-state index in [2.05, 4.69) is 10.1 Å². The van der Waals surface area contributed by atoms with E-state index in [-0.39, 0.29) is 23.9 Å². The maximum Gasteiger partial charge on any atom is 0.306 e. The second-order valence-electron chi connectivity index (χ2n) is 6.48. The van der Waals surface area contributed by atoms with Crippen LogP contribution in [0.25, 0.3) is 11.4 Å². The summed E-state index contributed by atoms with van der Waals surface area (Å²) in [5, 5.41) is 3.90. The summed E-state index contributed by atoms with van der Waals surface area (Å²) >= 11 is 0. The Kier molecular flexibility index (Phi) is 5.43. The fraction of sp³-hybridized carbons (Fsp3) is 0.471. The van der Waals surface area contributed by atoms with Crippen LogP contribution in [0.4, 0.5) is 0 Å². The summed E-state index contributed by atoms with van der Waals surface area (Å²) in [6.45, 7) is 5.85. The lowest BCUT2D eigenvalue weighted by Gasteiger charge is -2.15. The first-order chi connectivity index (χ1) is 11.3. The van der Waals surface area contributed by atoms with Gasteiger partial charge in [-0.15, -0.1) is 0 Å². The predicted molar refractivity (Wildman–Crippen MR) is 86.7 cm³/mol. The van der Waals surface area contributed by atoms with Crippen LogP contribution in [0.5, 0.6) is 11.5 Å². The van der Waals surface area contributed by atoms with Gasteiger partial charge in [0.05, 0.1) is 26.2 Å². The van der Waals surface area contributed by atoms with Crippen molar-refractivity contribution in [1.82, 2.24) is 10.1 Å². The van der Waals surface area contributed by atoms with Crippen molar-refractivity contribution in [3.8, 4) is 22.9 Å². The molecular weight excluding hydrogens is 312 g/mol. The fourth-order valence-electron chi connectivity index (χ4n) is 2.03. The third kappa shape index (κ3) is 4.71. The fourth-order valence-corrected chi connectivity index (χ4v) is 2.03. The Hall–Kier alpha value is -2.57. The summed E-state index contributed by atoms with van der Waals surface area (Å²) in [5.41, 5.74) is 0.530. The van der Waals surface area contributed by atoms with Gasteiger partial charge in [0.2, 0.25) is 5.82 Å². The number of benzene rings is 1. The zero-order valence-corrected chi connectivity index (χ0v) is 14.6. The Morgan fingerprint density at radius 1 is 1.21 bits per heavy atom. The Balaban J connectivity index is 2.07. The standard InChI is InChI=1S/C17H22N2O5/c1-17(2,3)9-15(20)23-10-14-18-16(19-24-14)12-7-6-11(21-4)8-13(12)22-5/h6-8H,9-10H2,1-5H3. The highest BCUT2D eigenvalue weighted by molar-refractivity contribution is 5.70. The largest absolute Gasteiger partial charge is 0.497 e. The molecule has 2 rings (SSSR count). The molecule has 0 saturated carbocycles. The van der Waals surface area contributed by atoms with E-state index in [1.807, 2.05) is 20.8 Å². The Morgan fingerprint density at radius 2 is 1.96 bits per heavy atom. The lowest BCUT2D eigenvalue weighted by molar-refractivity contribution is -0.147. The molecule has 0 bridgehead atoms. The van der Waals surface area contributed by atoms with Gasteiger partial charge in [-0.3, -0.25) is 4.79 Å². The second kappa shape index (κ2) is 7.33. The van der Waals surface area contributed by atoms with E-state index >= 15 is 0 Å². The van der Waals surface area contributed by atoms with E-state index in [0.29, 0.717) is 29.3 Å². The van der Waals surface area contributed by atoms with Crippen molar-refractivity contribution in [2.45, 2.75) is 33.8 Å². The average molecular weight is 334 g/mol. The molecule has 0 radical (unpaired) electrons. The molecule has 0 N–H and O–H groups in total. The highest BCUT2D eigenvalue weighted by atomic mass is 16.6. The molecule has 1 heterocycles. The molecule has 7 heteroatoms. The summed E-state index contributed by atoms with van der Waals surface area (Å²) < 4.78 is 20.8. The number of aromatic nitrogens is 2. The van der Waals surface area contributed by atoms with Crippen LogP contribution in [-0.4, -0.2) is 30.3 Å². The summed E-state index contributed by atoms with van der Waals surface area (Å²) in [5.74, 6) is 1.51. The first kappa shape index (κ1) is 17.8. The second-order valence-corrected chi connectivity index (χ2v) is 6.48. The van der Waals surface area contributed by atoms with Crippen LogP contribution in [0, 0.1) is 5.41 Å². The molecule has 0 fully saturated rings. The number of esters is 1. The third-order valence-corrected chi connectivity index (χ3v) is 3.15. The molecule has 1 aromatic heterocycles. The number of nitrogens with zero attached hydrogens (tertiary/aromatic N) is 2. The van der Waals surface area contributed by atoms with E-state index in [0.717, 1.165) is 0 Å². The zero-order chi connectivity index (χ0) is 17.7. The maximum atomic E-state index is 11.7. The molecule has 0 saturated heterocycles. The molecule has 0 spiro atoms. The minimum absolute atomic E-state index is 0.0552. The number of carbonyl (C=O) groups excluding carboxylic acids is 1. The topological polar surface area (TPSA) is 83.7 Å². The number of hydrogen-bond donors (Lipinski definition) is 0. The van der Waals surface area contributed by atoms with E-state index < -0.39 is 0 Å². The van der Waals surface area contributed by atoms with Crippen molar-refractivity contribution < 1.29 is 23.5 Å². The molecule has 0 aliphatic carbocycles. The number of carbonyl (C=O) groups is 1. The van der Waals surface area contributed by atoms with Crippen LogP contribution in [0.3, 0.4) is 0 Å². The van der Waals surface area contributed by atoms with Crippen molar-refractivity contribution in [2.75, 3.05) is 14.2 Å². The molecule has 0 atom stereocenters. The summed E-state index contributed by atoms with van der Waals surface area (Å²) in [7, 11) is 3.13. The van der Waals surface area contributed by atoms with Crippen LogP contribution >= 0.6 is 0 Å². The van der Waals surface area contributed by atoms with Crippen LogP contribution in [0.2, 0.25) is 0 Å². The third-order valence-electron chi connectivity index (χ3n) is 3.15. The van der Waals surface area contributed by atoms with Crippen molar-refractivity contribution in [1.29, 1.82) is 0 Å². The molecular formula is C17H22N2O5. The molecule has 2 aromatic rings. The molecule has 1 aromatic carbocycles. The number of ether oxygens (including phenoxy) is 3. The van der Waals surface area contributed by atoms with Crippen molar-refractivity contribution in [3.63, 3.8) is 0 Å². The van der Waals surface area contributed by atoms with Gasteiger partial charge < -0.3 is 18.7 Å². The van der Waals surface area contributed by atoms with Gasteiger partial charge in [-0.1, -0.05) is 25.9 Å². The molecule has 0 aliphatic heterocycles. The van der Waals surface area contributed by atoms with Gasteiger partial charge in [-0.05, 0) is 17.5 Å². The normalized spacial score (nSPS) is 11.2. The minimum atomic E-state index is -0.302. The highest BCUT2D eigenvalue weighted by Crippen LogP contribution is 2.31. The maximum absolute atomic E-state index is 11.7. The number of methoxy groups -OCH3 is 2. The van der Waals surface area contributed by atoms with Gasteiger partial charge >= 0.3 is 5.97 Å². The lowest BCUT2D eigenvalue weighted by Crippen LogP contribution is -2.15. The monoisotopic (exact) mass is 334 g/mol. The Bertz CT molecular complexity index is 703. The van der Waals surface area contributed by atoms with Gasteiger partial charge in [-0.2, -0.15) is 4.98 Å². The molecule has 0 aliphatic rings. The summed E-state index contributed by atoms with van der Waals surface area (Å²) in [6.07, 6.45) is 0.320. The summed E-state index contributed by atoms with van der Waals surface area (Å²) in [6, 6.07) is 5.28. The predicted octanol–water partition coefficient (Wildman–Crippen LogP) is 3.23. The molecule has 24 heavy (non-hydrogen) atoms. The average Bonchev–Trinajstić information content (AvgIpc) is 2.99. The van der Waals surface area contributed by atoms with Crippen molar-refractivity contribution >= 4 is 5.97 Å². The molecule has 130 valence electrons. The van der Waals surface area contributed by atoms with Crippen LogP contribution in [-0.2, 0) is 16.1 Å². The zero-order valence-electron chi connectivity index (χ0n) is 14.6. The van der Waals surface area contributed by atoms with Crippen molar-refractivity contribution in [2.24, 2.45) is 5.41 Å². The van der Waals surface area contributed by atoms with Gasteiger partial charge in [0.15, 0.2) is 6.61 Å². The van der Waals surface area contributed by atoms with Crippen LogP contribution in [0.15, 0.2) is 22.7 Å². The van der Waals surface area contributed by atoms with E-state index in [1.54, 1.807) is 32.4 Å². The highest BCUT2D eigenvalue weighted by Gasteiger charge is 2.19. The molecule has 0 amide bonds. The van der Waals surface area contributed by atoms with Gasteiger partial charge in [-0.25, -0.2) is 0 Å². The lowest BCUT2D eigenvalue weighted by atomic mass is 9.93. The smallest absolute Gasteiger partial charge is 0.306 e. The van der Waals surface area contributed by atoms with Crippen molar-refractivity contribution in [3.05, 3.63) is 24.1 Å². The Morgan fingerprint density at radius 3 is 2.58 bits per heavy atom. The Labute approximate surface area is 140 Å². The van der Waals surface area contributed by atoms with Crippen LogP contribution < -0.4 is 9.47 Å². The van der Waals surface area contributed by atoms with Crippen LogP contribution in [0.1, 0.15) is 33.1 Å². The van der Waals surface area contributed by atoms with E-state index in [1.165, 1.54) is 0 Å². The molecule has 0 unspecified atom stereocenters. The minimum Gasteiger partial charge on any atom is -0.497 e. The SMILES string of the molecule is COc1ccc(-c2noc(COC(=O)CC(C)(C)C)n2)c(OC)c1. The van der Waals surface area contributed by atoms with E-state index in [4.69, 9.17) is 18.7 Å². The summed E-state index contributed by atoms with van der Waals surface area (Å²) in [4.78, 5) is 16.0. The first-order valence-electron chi connectivity index (χ1n) is 7.53. The van der Waals surface area contributed by atoms with E-state index in [9.17, 15) is 4.79 Å². The quantitative estimate of drug-likeness (QED) is 0.750. The van der Waals surface area contributed by atoms with Gasteiger partial charge in [0, 0.05) is 6.07 Å². The number of hydrogen-bond acceptors (Lipinski definition) is 7.